The van der Waals surface area contributed by atoms with Gasteiger partial charge in [-0.3, -0.25) is 0 Å². The highest BCUT2D eigenvalue weighted by Gasteiger charge is 2.06. The number of nitrogens with two attached hydrogens (primary N) is 1. The third-order valence-electron chi connectivity index (χ3n) is 3.27. The Morgan fingerprint density at radius 1 is 1.14 bits per heavy atom. The summed E-state index contributed by atoms with van der Waals surface area (Å²) < 4.78 is 19.3. The van der Waals surface area contributed by atoms with Gasteiger partial charge in [0, 0.05) is 17.1 Å². The van der Waals surface area contributed by atoms with Crippen LogP contribution >= 0.6 is 11.6 Å². The van der Waals surface area contributed by atoms with Crippen molar-refractivity contribution in [3.63, 3.8) is 0 Å². The van der Waals surface area contributed by atoms with Crippen molar-refractivity contribution in [2.45, 2.75) is 32.4 Å². The molecule has 112 valence electrons. The Morgan fingerprint density at radius 3 is 2.52 bits per heavy atom. The van der Waals surface area contributed by atoms with Crippen molar-refractivity contribution in [1.82, 2.24) is 0 Å². The molecule has 2 aromatic rings. The number of benzene rings is 2. The highest BCUT2D eigenvalue weighted by atomic mass is 35.5. The van der Waals surface area contributed by atoms with E-state index in [1.165, 1.54) is 12.1 Å². The highest BCUT2D eigenvalue weighted by Crippen LogP contribution is 2.19. The van der Waals surface area contributed by atoms with Gasteiger partial charge in [-0.2, -0.15) is 0 Å². The minimum Gasteiger partial charge on any atom is -0.489 e. The van der Waals surface area contributed by atoms with E-state index in [9.17, 15) is 4.39 Å². The molecule has 4 heteroatoms. The van der Waals surface area contributed by atoms with E-state index in [-0.39, 0.29) is 11.9 Å². The van der Waals surface area contributed by atoms with E-state index >= 15 is 0 Å². The second-order valence-electron chi connectivity index (χ2n) is 5.08. The normalized spacial score (nSPS) is 12.2. The van der Waals surface area contributed by atoms with Gasteiger partial charge in [-0.15, -0.1) is 0 Å². The molecule has 2 rings (SSSR count). The molecule has 2 N–H and O–H groups in total. The molecule has 0 aliphatic rings. The summed E-state index contributed by atoms with van der Waals surface area (Å²) in [6.45, 7) is 2.39. The monoisotopic (exact) mass is 307 g/mol. The van der Waals surface area contributed by atoms with Gasteiger partial charge in [0.15, 0.2) is 0 Å². The van der Waals surface area contributed by atoms with Crippen LogP contribution in [0.4, 0.5) is 4.39 Å². The first kappa shape index (κ1) is 15.8. The smallest absolute Gasteiger partial charge is 0.127 e. The molecule has 0 spiro atoms. The zero-order valence-corrected chi connectivity index (χ0v) is 12.7. The minimum atomic E-state index is -0.304. The van der Waals surface area contributed by atoms with E-state index < -0.39 is 0 Å². The molecule has 21 heavy (non-hydrogen) atoms. The second kappa shape index (κ2) is 7.43. The Morgan fingerprint density at radius 2 is 1.86 bits per heavy atom. The molecule has 1 unspecified atom stereocenters. The van der Waals surface area contributed by atoms with E-state index in [4.69, 9.17) is 22.1 Å². The molecule has 0 radical (unpaired) electrons. The summed E-state index contributed by atoms with van der Waals surface area (Å²) in [7, 11) is 0. The van der Waals surface area contributed by atoms with Gasteiger partial charge in [0.05, 0.1) is 0 Å². The Bertz CT molecular complexity index is 586. The molecule has 0 aromatic heterocycles. The summed E-state index contributed by atoms with van der Waals surface area (Å²) in [6, 6.07) is 12.1. The van der Waals surface area contributed by atoms with Crippen LogP contribution in [0, 0.1) is 5.82 Å². The van der Waals surface area contributed by atoms with Crippen LogP contribution in [0.1, 0.15) is 24.5 Å². The quantitative estimate of drug-likeness (QED) is 0.861. The molecule has 2 aromatic carbocycles. The van der Waals surface area contributed by atoms with Crippen molar-refractivity contribution in [3.05, 3.63) is 64.4 Å². The van der Waals surface area contributed by atoms with Crippen molar-refractivity contribution in [3.8, 4) is 5.75 Å². The van der Waals surface area contributed by atoms with Crippen molar-refractivity contribution >= 4 is 11.6 Å². The van der Waals surface area contributed by atoms with E-state index in [2.05, 4.69) is 0 Å². The van der Waals surface area contributed by atoms with Crippen LogP contribution in [0.5, 0.6) is 5.75 Å². The highest BCUT2D eigenvalue weighted by molar-refractivity contribution is 6.30. The Balaban J connectivity index is 2.04. The average Bonchev–Trinajstić information content (AvgIpc) is 2.46. The molecular weight excluding hydrogens is 289 g/mol. The summed E-state index contributed by atoms with van der Waals surface area (Å²) in [5, 5.41) is 0.681. The van der Waals surface area contributed by atoms with Crippen LogP contribution < -0.4 is 10.5 Å². The lowest BCUT2D eigenvalue weighted by atomic mass is 10.0. The van der Waals surface area contributed by atoms with Crippen LogP contribution in [0.3, 0.4) is 0 Å². The van der Waals surface area contributed by atoms with E-state index in [1.807, 2.05) is 25.1 Å². The molecule has 0 fully saturated rings. The van der Waals surface area contributed by atoms with Gasteiger partial charge in [0.2, 0.25) is 0 Å². The van der Waals surface area contributed by atoms with Gasteiger partial charge in [-0.05, 0) is 48.2 Å². The van der Waals surface area contributed by atoms with E-state index in [0.29, 0.717) is 23.8 Å². The third kappa shape index (κ3) is 5.03. The van der Waals surface area contributed by atoms with Gasteiger partial charge in [-0.25, -0.2) is 4.39 Å². The summed E-state index contributed by atoms with van der Waals surface area (Å²) in [5.41, 5.74) is 7.75. The second-order valence-corrected chi connectivity index (χ2v) is 5.52. The molecule has 0 saturated heterocycles. The Labute approximate surface area is 129 Å². The number of hydrogen-bond acceptors (Lipinski definition) is 2. The maximum absolute atomic E-state index is 13.6. The standard InChI is InChI=1S/C17H19ClFNO/c1-2-16(20)8-13-7-15(19)10-17(9-13)21-11-12-3-5-14(18)6-4-12/h3-7,9-10,16H,2,8,11,20H2,1H3. The predicted octanol–water partition coefficient (Wildman–Crippen LogP) is 4.34. The van der Waals surface area contributed by atoms with Gasteiger partial charge >= 0.3 is 0 Å². The summed E-state index contributed by atoms with van der Waals surface area (Å²) in [6.07, 6.45) is 1.50. The molecule has 0 aliphatic carbocycles. The fraction of sp³-hybridized carbons (Fsp3) is 0.294. The van der Waals surface area contributed by atoms with Crippen LogP contribution in [0.25, 0.3) is 0 Å². The maximum atomic E-state index is 13.6. The molecule has 0 amide bonds. The van der Waals surface area contributed by atoms with Crippen molar-refractivity contribution in [2.75, 3.05) is 0 Å². The van der Waals surface area contributed by atoms with Crippen molar-refractivity contribution in [2.24, 2.45) is 5.73 Å². The van der Waals surface area contributed by atoms with Crippen LogP contribution in [0.2, 0.25) is 5.02 Å². The number of rotatable bonds is 6. The summed E-state index contributed by atoms with van der Waals surface area (Å²) in [5.74, 6) is 0.213. The number of halogens is 2. The molecule has 1 atom stereocenters. The van der Waals surface area contributed by atoms with Gasteiger partial charge < -0.3 is 10.5 Å². The largest absolute Gasteiger partial charge is 0.489 e. The molecule has 0 bridgehead atoms. The van der Waals surface area contributed by atoms with Crippen molar-refractivity contribution in [1.29, 1.82) is 0 Å². The zero-order chi connectivity index (χ0) is 15.2. The molecular formula is C17H19ClFNO. The minimum absolute atomic E-state index is 0.0379. The number of ether oxygens (including phenoxy) is 1. The van der Waals surface area contributed by atoms with Crippen molar-refractivity contribution < 1.29 is 9.13 Å². The van der Waals surface area contributed by atoms with Gasteiger partial charge in [0.1, 0.15) is 18.2 Å². The van der Waals surface area contributed by atoms with Gasteiger partial charge in [0.25, 0.3) is 0 Å². The fourth-order valence-electron chi connectivity index (χ4n) is 2.02. The third-order valence-corrected chi connectivity index (χ3v) is 3.52. The van der Waals surface area contributed by atoms with Gasteiger partial charge in [-0.1, -0.05) is 30.7 Å². The fourth-order valence-corrected chi connectivity index (χ4v) is 2.14. The summed E-state index contributed by atoms with van der Waals surface area (Å²) >= 11 is 5.83. The first-order chi connectivity index (χ1) is 10.1. The van der Waals surface area contributed by atoms with Crippen LogP contribution in [-0.2, 0) is 13.0 Å². The summed E-state index contributed by atoms with van der Waals surface area (Å²) in [4.78, 5) is 0. The lowest BCUT2D eigenvalue weighted by Crippen LogP contribution is -2.21. The molecule has 0 heterocycles. The zero-order valence-electron chi connectivity index (χ0n) is 12.0. The lowest BCUT2D eigenvalue weighted by molar-refractivity contribution is 0.304. The first-order valence-electron chi connectivity index (χ1n) is 6.99. The first-order valence-corrected chi connectivity index (χ1v) is 7.37. The van der Waals surface area contributed by atoms with E-state index in [1.54, 1.807) is 12.1 Å². The average molecular weight is 308 g/mol. The molecule has 0 saturated carbocycles. The van der Waals surface area contributed by atoms with Crippen LogP contribution in [-0.4, -0.2) is 6.04 Å². The Kier molecular flexibility index (Phi) is 5.59. The molecule has 0 aliphatic heterocycles. The number of hydrogen-bond donors (Lipinski definition) is 1. The topological polar surface area (TPSA) is 35.2 Å². The lowest BCUT2D eigenvalue weighted by Gasteiger charge is -2.12. The predicted molar refractivity (Wildman–Crippen MR) is 84.2 cm³/mol. The van der Waals surface area contributed by atoms with E-state index in [0.717, 1.165) is 17.5 Å². The Hall–Kier alpha value is -1.58. The maximum Gasteiger partial charge on any atom is 0.127 e. The molecule has 2 nitrogen and oxygen atoms in total. The SMILES string of the molecule is CCC(N)Cc1cc(F)cc(OCc2ccc(Cl)cc2)c1. The van der Waals surface area contributed by atoms with Crippen LogP contribution in [0.15, 0.2) is 42.5 Å².